The molecular formula is C19H20BrClN2O4S. The molecule has 0 bridgehead atoms. The van der Waals surface area contributed by atoms with Gasteiger partial charge in [-0.15, -0.1) is 0 Å². The summed E-state index contributed by atoms with van der Waals surface area (Å²) >= 11 is 9.44. The number of amides is 1. The summed E-state index contributed by atoms with van der Waals surface area (Å²) in [5, 5.41) is 3.30. The van der Waals surface area contributed by atoms with E-state index in [4.69, 9.17) is 16.3 Å². The number of aryl methyl sites for hydroxylation is 1. The molecule has 1 aliphatic rings. The van der Waals surface area contributed by atoms with Gasteiger partial charge in [-0.3, -0.25) is 4.79 Å². The summed E-state index contributed by atoms with van der Waals surface area (Å²) in [5.41, 5.74) is 1.45. The summed E-state index contributed by atoms with van der Waals surface area (Å²) in [5.74, 6) is -0.0358. The molecule has 28 heavy (non-hydrogen) atoms. The van der Waals surface area contributed by atoms with Gasteiger partial charge in [0.2, 0.25) is 10.0 Å². The van der Waals surface area contributed by atoms with Crippen LogP contribution >= 0.6 is 27.5 Å². The Morgan fingerprint density at radius 3 is 2.54 bits per heavy atom. The van der Waals surface area contributed by atoms with Crippen LogP contribution in [0.15, 0.2) is 39.7 Å². The van der Waals surface area contributed by atoms with Crippen LogP contribution in [-0.2, 0) is 10.0 Å². The van der Waals surface area contributed by atoms with Crippen LogP contribution in [0.2, 0.25) is 5.02 Å². The zero-order valence-electron chi connectivity index (χ0n) is 15.5. The van der Waals surface area contributed by atoms with Gasteiger partial charge in [-0.05, 0) is 65.5 Å². The first-order valence-corrected chi connectivity index (χ1v) is 11.3. The number of hydrogen-bond donors (Lipinski definition) is 1. The molecule has 0 aliphatic carbocycles. The molecule has 150 valence electrons. The molecule has 9 heteroatoms. The first kappa shape index (κ1) is 21.1. The van der Waals surface area contributed by atoms with Crippen LogP contribution in [-0.4, -0.2) is 38.8 Å². The van der Waals surface area contributed by atoms with Crippen molar-refractivity contribution in [2.45, 2.75) is 24.7 Å². The fraction of sp³-hybridized carbons (Fsp3) is 0.316. The van der Waals surface area contributed by atoms with Gasteiger partial charge in [0.05, 0.1) is 23.3 Å². The topological polar surface area (TPSA) is 75.7 Å². The average molecular weight is 488 g/mol. The molecule has 2 aromatic carbocycles. The van der Waals surface area contributed by atoms with E-state index < -0.39 is 15.9 Å². The van der Waals surface area contributed by atoms with Crippen LogP contribution in [0, 0.1) is 6.92 Å². The molecule has 6 nitrogen and oxygen atoms in total. The maximum atomic E-state index is 12.9. The van der Waals surface area contributed by atoms with Gasteiger partial charge in [-0.1, -0.05) is 11.6 Å². The summed E-state index contributed by atoms with van der Waals surface area (Å²) in [6.45, 7) is 2.82. The number of carbonyl (C=O) groups excluding carboxylic acids is 1. The molecule has 0 spiro atoms. The Morgan fingerprint density at radius 2 is 1.89 bits per heavy atom. The Kier molecular flexibility index (Phi) is 6.34. The van der Waals surface area contributed by atoms with E-state index in [1.165, 1.54) is 23.5 Å². The normalized spacial score (nSPS) is 14.9. The second-order valence-electron chi connectivity index (χ2n) is 6.51. The highest BCUT2D eigenvalue weighted by molar-refractivity contribution is 9.10. The molecule has 1 amide bonds. The number of anilines is 1. The van der Waals surface area contributed by atoms with E-state index >= 15 is 0 Å². The van der Waals surface area contributed by atoms with E-state index in [-0.39, 0.29) is 10.5 Å². The van der Waals surface area contributed by atoms with E-state index in [0.29, 0.717) is 34.0 Å². The lowest BCUT2D eigenvalue weighted by molar-refractivity contribution is 0.102. The maximum absolute atomic E-state index is 12.9. The fourth-order valence-electron chi connectivity index (χ4n) is 3.04. The molecule has 1 saturated heterocycles. The zero-order valence-corrected chi connectivity index (χ0v) is 18.6. The molecular weight excluding hydrogens is 468 g/mol. The SMILES string of the molecule is COc1cc(Cl)c(C)cc1NC(=O)c1cc(S(=O)(=O)N2CCCC2)ccc1Br. The number of benzene rings is 2. The van der Waals surface area contributed by atoms with Crippen LogP contribution in [0.3, 0.4) is 0 Å². The summed E-state index contributed by atoms with van der Waals surface area (Å²) < 4.78 is 32.8. The number of methoxy groups -OCH3 is 1. The monoisotopic (exact) mass is 486 g/mol. The molecule has 0 aromatic heterocycles. The number of nitrogens with zero attached hydrogens (tertiary/aromatic N) is 1. The smallest absolute Gasteiger partial charge is 0.256 e. The van der Waals surface area contributed by atoms with Gasteiger partial charge in [0.15, 0.2) is 0 Å². The summed E-state index contributed by atoms with van der Waals surface area (Å²) in [4.78, 5) is 13.0. The van der Waals surface area contributed by atoms with Gasteiger partial charge < -0.3 is 10.1 Å². The Labute approximate surface area is 178 Å². The van der Waals surface area contributed by atoms with Gasteiger partial charge in [0.25, 0.3) is 5.91 Å². The van der Waals surface area contributed by atoms with Crippen molar-refractivity contribution in [1.29, 1.82) is 0 Å². The standard InChI is InChI=1S/C19H20BrClN2O4S/c1-12-9-17(18(27-2)11-16(12)21)22-19(24)14-10-13(5-6-15(14)20)28(25,26)23-7-3-4-8-23/h5-6,9-11H,3-4,7-8H2,1-2H3,(H,22,24). The molecule has 1 fully saturated rings. The number of nitrogens with one attached hydrogen (secondary N) is 1. The van der Waals surface area contributed by atoms with Crippen LogP contribution in [0.4, 0.5) is 5.69 Å². The Bertz CT molecular complexity index is 1020. The fourth-order valence-corrected chi connectivity index (χ4v) is 5.16. The molecule has 1 heterocycles. The van der Waals surface area contributed by atoms with Gasteiger partial charge >= 0.3 is 0 Å². The first-order chi connectivity index (χ1) is 13.2. The molecule has 0 unspecified atom stereocenters. The predicted octanol–water partition coefficient (Wildman–Crippen LogP) is 4.46. The second kappa shape index (κ2) is 8.41. The van der Waals surface area contributed by atoms with Crippen molar-refractivity contribution in [3.05, 3.63) is 51.0 Å². The maximum Gasteiger partial charge on any atom is 0.256 e. The quantitative estimate of drug-likeness (QED) is 0.676. The third-order valence-corrected chi connectivity index (χ3v) is 7.61. The molecule has 1 aliphatic heterocycles. The van der Waals surface area contributed by atoms with Gasteiger partial charge in [-0.25, -0.2) is 8.42 Å². The van der Waals surface area contributed by atoms with Crippen molar-refractivity contribution < 1.29 is 17.9 Å². The zero-order chi connectivity index (χ0) is 20.5. The van der Waals surface area contributed by atoms with Crippen LogP contribution in [0.1, 0.15) is 28.8 Å². The number of halogens is 2. The van der Waals surface area contributed by atoms with E-state index in [1.807, 2.05) is 6.92 Å². The molecule has 0 radical (unpaired) electrons. The number of rotatable bonds is 5. The minimum atomic E-state index is -3.62. The summed E-state index contributed by atoms with van der Waals surface area (Å²) in [6, 6.07) is 7.79. The highest BCUT2D eigenvalue weighted by atomic mass is 79.9. The summed E-state index contributed by atoms with van der Waals surface area (Å²) in [7, 11) is -2.14. The van der Waals surface area contributed by atoms with Crippen molar-refractivity contribution >= 4 is 49.1 Å². The minimum absolute atomic E-state index is 0.0991. The number of sulfonamides is 1. The Morgan fingerprint density at radius 1 is 1.21 bits per heavy atom. The Hall–Kier alpha value is -1.61. The highest BCUT2D eigenvalue weighted by Gasteiger charge is 2.28. The third-order valence-electron chi connectivity index (χ3n) is 4.61. The van der Waals surface area contributed by atoms with Gasteiger partial charge in [0, 0.05) is 28.7 Å². The first-order valence-electron chi connectivity index (χ1n) is 8.69. The van der Waals surface area contributed by atoms with E-state index in [2.05, 4.69) is 21.2 Å². The van der Waals surface area contributed by atoms with Crippen LogP contribution in [0.5, 0.6) is 5.75 Å². The largest absolute Gasteiger partial charge is 0.495 e. The summed E-state index contributed by atoms with van der Waals surface area (Å²) in [6.07, 6.45) is 1.69. The lowest BCUT2D eigenvalue weighted by Gasteiger charge is -2.17. The highest BCUT2D eigenvalue weighted by Crippen LogP contribution is 2.32. The Balaban J connectivity index is 1.94. The number of hydrogen-bond acceptors (Lipinski definition) is 4. The molecule has 0 saturated carbocycles. The third kappa shape index (κ3) is 4.20. The van der Waals surface area contributed by atoms with Crippen molar-refractivity contribution in [3.63, 3.8) is 0 Å². The average Bonchev–Trinajstić information content (AvgIpc) is 3.20. The molecule has 3 rings (SSSR count). The molecule has 1 N–H and O–H groups in total. The van der Waals surface area contributed by atoms with E-state index in [1.54, 1.807) is 18.2 Å². The number of ether oxygens (including phenoxy) is 1. The lowest BCUT2D eigenvalue weighted by Crippen LogP contribution is -2.28. The van der Waals surface area contributed by atoms with Gasteiger partial charge in [0.1, 0.15) is 5.75 Å². The lowest BCUT2D eigenvalue weighted by atomic mass is 10.1. The molecule has 2 aromatic rings. The van der Waals surface area contributed by atoms with Crippen molar-refractivity contribution in [1.82, 2.24) is 4.31 Å². The second-order valence-corrected chi connectivity index (χ2v) is 9.71. The van der Waals surface area contributed by atoms with Crippen LogP contribution < -0.4 is 10.1 Å². The van der Waals surface area contributed by atoms with E-state index in [9.17, 15) is 13.2 Å². The van der Waals surface area contributed by atoms with Crippen molar-refractivity contribution in [3.8, 4) is 5.75 Å². The van der Waals surface area contributed by atoms with Crippen LogP contribution in [0.25, 0.3) is 0 Å². The predicted molar refractivity (Wildman–Crippen MR) is 113 cm³/mol. The van der Waals surface area contributed by atoms with Crippen molar-refractivity contribution in [2.75, 3.05) is 25.5 Å². The van der Waals surface area contributed by atoms with Gasteiger partial charge in [-0.2, -0.15) is 4.31 Å². The van der Waals surface area contributed by atoms with Crippen molar-refractivity contribution in [2.24, 2.45) is 0 Å². The minimum Gasteiger partial charge on any atom is -0.495 e. The number of carbonyl (C=O) groups is 1. The molecule has 0 atom stereocenters. The van der Waals surface area contributed by atoms with E-state index in [0.717, 1.165) is 18.4 Å².